The van der Waals surface area contributed by atoms with Crippen molar-refractivity contribution in [2.24, 2.45) is 0 Å². The third-order valence-corrected chi connectivity index (χ3v) is 2.89. The maximum absolute atomic E-state index is 13.4. The number of rotatable bonds is 4. The minimum Gasteiger partial charge on any atom is -0.485 e. The number of halogens is 3. The molecule has 0 unspecified atom stereocenters. The van der Waals surface area contributed by atoms with Crippen LogP contribution in [0.3, 0.4) is 0 Å². The van der Waals surface area contributed by atoms with Gasteiger partial charge in [0.05, 0.1) is 5.56 Å². The van der Waals surface area contributed by atoms with Gasteiger partial charge in [-0.1, -0.05) is 22.0 Å². The average Bonchev–Trinajstić information content (AvgIpc) is 2.39. The number of hydrogen-bond acceptors (Lipinski definition) is 2. The minimum absolute atomic E-state index is 0.310. The smallest absolute Gasteiger partial charge is 0.203 e. The topological polar surface area (TPSA) is 26.3 Å². The normalized spacial score (nSPS) is 10.3. The van der Waals surface area contributed by atoms with E-state index in [-0.39, 0.29) is 12.2 Å². The van der Waals surface area contributed by atoms with Crippen molar-refractivity contribution < 1.29 is 18.3 Å². The van der Waals surface area contributed by atoms with Crippen LogP contribution in [0, 0.1) is 11.6 Å². The molecule has 2 rings (SSSR count). The van der Waals surface area contributed by atoms with Gasteiger partial charge < -0.3 is 4.74 Å². The molecule has 19 heavy (non-hydrogen) atoms. The number of Topliss-reactive ketones (excluding diaryl/α,β-unsaturated/α-hetero) is 1. The van der Waals surface area contributed by atoms with Gasteiger partial charge in [0.15, 0.2) is 6.61 Å². The molecule has 98 valence electrons. The van der Waals surface area contributed by atoms with E-state index in [1.165, 1.54) is 0 Å². The third kappa shape index (κ3) is 3.61. The quantitative estimate of drug-likeness (QED) is 0.794. The van der Waals surface area contributed by atoms with E-state index >= 15 is 0 Å². The summed E-state index contributed by atoms with van der Waals surface area (Å²) in [5.74, 6) is -1.56. The second kappa shape index (κ2) is 5.93. The van der Waals surface area contributed by atoms with Gasteiger partial charge in [-0.2, -0.15) is 0 Å². The van der Waals surface area contributed by atoms with Crippen LogP contribution < -0.4 is 4.74 Å². The van der Waals surface area contributed by atoms with Crippen molar-refractivity contribution in [3.63, 3.8) is 0 Å². The van der Waals surface area contributed by atoms with E-state index in [2.05, 4.69) is 15.9 Å². The lowest BCUT2D eigenvalue weighted by molar-refractivity contribution is 0.0917. The Kier molecular flexibility index (Phi) is 4.27. The number of benzene rings is 2. The second-order valence-electron chi connectivity index (χ2n) is 3.79. The molecule has 0 radical (unpaired) electrons. The summed E-state index contributed by atoms with van der Waals surface area (Å²) in [6, 6.07) is 9.63. The van der Waals surface area contributed by atoms with Crippen molar-refractivity contribution in [1.29, 1.82) is 0 Å². The van der Waals surface area contributed by atoms with Crippen molar-refractivity contribution in [2.75, 3.05) is 6.61 Å². The second-order valence-corrected chi connectivity index (χ2v) is 4.71. The summed E-state index contributed by atoms with van der Waals surface area (Å²) in [6.07, 6.45) is 0. The first-order chi connectivity index (χ1) is 9.06. The van der Waals surface area contributed by atoms with Crippen LogP contribution in [0.5, 0.6) is 5.75 Å². The molecule has 0 saturated carbocycles. The Balaban J connectivity index is 2.07. The number of carbonyl (C=O) groups excluding carboxylic acids is 1. The molecule has 0 heterocycles. The molecule has 0 fully saturated rings. The lowest BCUT2D eigenvalue weighted by atomic mass is 10.1. The molecule has 2 aromatic rings. The van der Waals surface area contributed by atoms with Crippen LogP contribution >= 0.6 is 15.9 Å². The number of hydrogen-bond donors (Lipinski definition) is 0. The molecule has 0 saturated heterocycles. The van der Waals surface area contributed by atoms with E-state index in [4.69, 9.17) is 4.74 Å². The third-order valence-electron chi connectivity index (χ3n) is 2.39. The molecular weight excluding hydrogens is 318 g/mol. The zero-order valence-corrected chi connectivity index (χ0v) is 11.3. The summed E-state index contributed by atoms with van der Waals surface area (Å²) in [4.78, 5) is 11.7. The van der Waals surface area contributed by atoms with Gasteiger partial charge in [0, 0.05) is 4.47 Å². The summed E-state index contributed by atoms with van der Waals surface area (Å²) in [7, 11) is 0. The van der Waals surface area contributed by atoms with Gasteiger partial charge >= 0.3 is 0 Å². The highest BCUT2D eigenvalue weighted by molar-refractivity contribution is 9.10. The van der Waals surface area contributed by atoms with Crippen LogP contribution in [-0.4, -0.2) is 12.4 Å². The molecule has 0 atom stereocenters. The van der Waals surface area contributed by atoms with Gasteiger partial charge in [-0.05, 0) is 36.4 Å². The van der Waals surface area contributed by atoms with E-state index in [9.17, 15) is 13.6 Å². The van der Waals surface area contributed by atoms with Gasteiger partial charge in [0.25, 0.3) is 0 Å². The van der Waals surface area contributed by atoms with Gasteiger partial charge in [-0.15, -0.1) is 0 Å². The maximum Gasteiger partial charge on any atom is 0.203 e. The first-order valence-electron chi connectivity index (χ1n) is 5.43. The van der Waals surface area contributed by atoms with E-state index in [0.717, 1.165) is 22.7 Å². The maximum atomic E-state index is 13.4. The van der Waals surface area contributed by atoms with Gasteiger partial charge in [-0.25, -0.2) is 8.78 Å². The Morgan fingerprint density at radius 3 is 2.68 bits per heavy atom. The van der Waals surface area contributed by atoms with Crippen LogP contribution in [0.4, 0.5) is 8.78 Å². The monoisotopic (exact) mass is 326 g/mol. The predicted molar refractivity (Wildman–Crippen MR) is 70.3 cm³/mol. The molecule has 0 N–H and O–H groups in total. The van der Waals surface area contributed by atoms with E-state index < -0.39 is 17.4 Å². The number of carbonyl (C=O) groups is 1. The molecule has 5 heteroatoms. The number of ketones is 1. The summed E-state index contributed by atoms with van der Waals surface area (Å²) >= 11 is 3.26. The van der Waals surface area contributed by atoms with Crippen molar-refractivity contribution in [1.82, 2.24) is 0 Å². The molecule has 0 amide bonds. The van der Waals surface area contributed by atoms with Crippen LogP contribution in [0.2, 0.25) is 0 Å². The van der Waals surface area contributed by atoms with Gasteiger partial charge in [0.1, 0.15) is 17.4 Å². The standard InChI is InChI=1S/C14H9BrF2O2/c15-9-2-1-3-11(6-9)19-8-14(18)12-7-10(16)4-5-13(12)17/h1-7H,8H2. The van der Waals surface area contributed by atoms with Crippen molar-refractivity contribution in [3.8, 4) is 5.75 Å². The summed E-state index contributed by atoms with van der Waals surface area (Å²) < 4.78 is 32.3. The summed E-state index contributed by atoms with van der Waals surface area (Å²) in [5.41, 5.74) is -0.310. The summed E-state index contributed by atoms with van der Waals surface area (Å²) in [5, 5.41) is 0. The number of ether oxygens (including phenoxy) is 1. The predicted octanol–water partition coefficient (Wildman–Crippen LogP) is 3.99. The zero-order chi connectivity index (χ0) is 13.8. The molecule has 2 nitrogen and oxygen atoms in total. The Labute approximate surface area is 117 Å². The molecule has 0 aromatic heterocycles. The van der Waals surface area contributed by atoms with E-state index in [1.807, 2.05) is 0 Å². The van der Waals surface area contributed by atoms with Gasteiger partial charge in [-0.3, -0.25) is 4.79 Å². The van der Waals surface area contributed by atoms with E-state index in [0.29, 0.717) is 5.75 Å². The Morgan fingerprint density at radius 1 is 1.16 bits per heavy atom. The fourth-order valence-electron chi connectivity index (χ4n) is 1.49. The molecule has 0 aliphatic rings. The first kappa shape index (κ1) is 13.7. The molecule has 0 bridgehead atoms. The largest absolute Gasteiger partial charge is 0.485 e. The summed E-state index contributed by atoms with van der Waals surface area (Å²) in [6.45, 7) is -0.350. The van der Waals surface area contributed by atoms with Crippen molar-refractivity contribution >= 4 is 21.7 Å². The fourth-order valence-corrected chi connectivity index (χ4v) is 1.87. The lowest BCUT2D eigenvalue weighted by Crippen LogP contribution is -2.13. The highest BCUT2D eigenvalue weighted by atomic mass is 79.9. The Hall–Kier alpha value is -1.75. The van der Waals surface area contributed by atoms with E-state index in [1.54, 1.807) is 24.3 Å². The van der Waals surface area contributed by atoms with Crippen LogP contribution in [0.15, 0.2) is 46.9 Å². The molecule has 2 aromatic carbocycles. The fraction of sp³-hybridized carbons (Fsp3) is 0.0714. The van der Waals surface area contributed by atoms with Gasteiger partial charge in [0.2, 0.25) is 5.78 Å². The Bertz CT molecular complexity index is 614. The average molecular weight is 327 g/mol. The Morgan fingerprint density at radius 2 is 1.95 bits per heavy atom. The molecule has 0 spiro atoms. The highest BCUT2D eigenvalue weighted by Crippen LogP contribution is 2.18. The van der Waals surface area contributed by atoms with Crippen LogP contribution in [0.25, 0.3) is 0 Å². The van der Waals surface area contributed by atoms with Crippen molar-refractivity contribution in [2.45, 2.75) is 0 Å². The minimum atomic E-state index is -0.760. The molecular formula is C14H9BrF2O2. The highest BCUT2D eigenvalue weighted by Gasteiger charge is 2.13. The van der Waals surface area contributed by atoms with Crippen LogP contribution in [0.1, 0.15) is 10.4 Å². The lowest BCUT2D eigenvalue weighted by Gasteiger charge is -2.06. The van der Waals surface area contributed by atoms with Crippen LogP contribution in [-0.2, 0) is 0 Å². The molecule has 0 aliphatic heterocycles. The molecule has 0 aliphatic carbocycles. The van der Waals surface area contributed by atoms with Crippen molar-refractivity contribution in [3.05, 3.63) is 64.1 Å². The first-order valence-corrected chi connectivity index (χ1v) is 6.22. The zero-order valence-electron chi connectivity index (χ0n) is 9.70. The SMILES string of the molecule is O=C(COc1cccc(Br)c1)c1cc(F)ccc1F.